The number of hydrogen-bond acceptors (Lipinski definition) is 5. The Morgan fingerprint density at radius 2 is 1.90 bits per heavy atom. The molecule has 1 aromatic carbocycles. The molecule has 5 nitrogen and oxygen atoms in total. The number of benzene rings is 1. The molecular weight excluding hydrogens is 288 g/mol. The number of methoxy groups -OCH3 is 2. The molecule has 0 atom stereocenters. The summed E-state index contributed by atoms with van der Waals surface area (Å²) in [6.45, 7) is 2.54. The zero-order valence-electron chi connectivity index (χ0n) is 12.3. The Morgan fingerprint density at radius 3 is 2.43 bits per heavy atom. The van der Waals surface area contributed by atoms with Gasteiger partial charge in [-0.05, 0) is 19.1 Å². The van der Waals surface area contributed by atoms with E-state index in [1.54, 1.807) is 43.8 Å². The third-order valence-corrected chi connectivity index (χ3v) is 3.91. The molecule has 0 spiro atoms. The number of thiazole rings is 1. The minimum absolute atomic E-state index is 0.145. The normalized spacial score (nSPS) is 10.2. The molecule has 6 heteroatoms. The highest BCUT2D eigenvalue weighted by molar-refractivity contribution is 7.11. The SMILES string of the molecule is COc1cc(OC)cc(C(=O)NCCc2cnc(C)s2)c1. The number of amides is 1. The van der Waals surface area contributed by atoms with Gasteiger partial charge in [-0.2, -0.15) is 0 Å². The standard InChI is InChI=1S/C15H18N2O3S/c1-10-17-9-14(21-10)4-5-16-15(18)11-6-12(19-2)8-13(7-11)20-3/h6-9H,4-5H2,1-3H3,(H,16,18). The van der Waals surface area contributed by atoms with E-state index in [0.717, 1.165) is 16.3 Å². The average molecular weight is 306 g/mol. The molecule has 112 valence electrons. The number of nitrogens with zero attached hydrogens (tertiary/aromatic N) is 1. The second-order valence-corrected chi connectivity index (χ2v) is 5.77. The lowest BCUT2D eigenvalue weighted by Crippen LogP contribution is -2.25. The first kappa shape index (κ1) is 15.3. The van der Waals surface area contributed by atoms with Gasteiger partial charge in [0.15, 0.2) is 0 Å². The van der Waals surface area contributed by atoms with Crippen LogP contribution in [0.3, 0.4) is 0 Å². The fraction of sp³-hybridized carbons (Fsp3) is 0.333. The molecule has 1 N–H and O–H groups in total. The maximum absolute atomic E-state index is 12.1. The molecule has 0 aliphatic heterocycles. The summed E-state index contributed by atoms with van der Waals surface area (Å²) in [5, 5.41) is 3.92. The molecule has 21 heavy (non-hydrogen) atoms. The van der Waals surface area contributed by atoms with Crippen LogP contribution in [-0.4, -0.2) is 31.7 Å². The van der Waals surface area contributed by atoms with Gasteiger partial charge in [-0.1, -0.05) is 0 Å². The monoisotopic (exact) mass is 306 g/mol. The Bertz CT molecular complexity index is 603. The van der Waals surface area contributed by atoms with Gasteiger partial charge in [-0.25, -0.2) is 4.98 Å². The molecule has 0 radical (unpaired) electrons. The zero-order chi connectivity index (χ0) is 15.2. The Kier molecular flexibility index (Phi) is 5.16. The average Bonchev–Trinajstić information content (AvgIpc) is 2.92. The van der Waals surface area contributed by atoms with Crippen molar-refractivity contribution in [2.24, 2.45) is 0 Å². The zero-order valence-corrected chi connectivity index (χ0v) is 13.1. The van der Waals surface area contributed by atoms with Crippen LogP contribution in [0.4, 0.5) is 0 Å². The molecule has 2 rings (SSSR count). The van der Waals surface area contributed by atoms with Crippen LogP contribution in [0.1, 0.15) is 20.2 Å². The predicted molar refractivity (Wildman–Crippen MR) is 82.4 cm³/mol. The molecule has 0 saturated carbocycles. The van der Waals surface area contributed by atoms with Gasteiger partial charge in [-0.15, -0.1) is 11.3 Å². The van der Waals surface area contributed by atoms with E-state index in [1.807, 2.05) is 13.1 Å². The predicted octanol–water partition coefficient (Wildman–Crippen LogP) is 2.44. The number of aryl methyl sites for hydroxylation is 1. The second-order valence-electron chi connectivity index (χ2n) is 4.45. The minimum Gasteiger partial charge on any atom is -0.497 e. The van der Waals surface area contributed by atoms with Gasteiger partial charge >= 0.3 is 0 Å². The van der Waals surface area contributed by atoms with Crippen LogP contribution in [0, 0.1) is 6.92 Å². The van der Waals surface area contributed by atoms with Gasteiger partial charge in [0, 0.05) is 35.7 Å². The van der Waals surface area contributed by atoms with Gasteiger partial charge < -0.3 is 14.8 Å². The van der Waals surface area contributed by atoms with E-state index < -0.39 is 0 Å². The van der Waals surface area contributed by atoms with Gasteiger partial charge in [0.1, 0.15) is 11.5 Å². The van der Waals surface area contributed by atoms with E-state index in [9.17, 15) is 4.79 Å². The third kappa shape index (κ3) is 4.19. The molecule has 0 unspecified atom stereocenters. The van der Waals surface area contributed by atoms with Crippen molar-refractivity contribution in [3.8, 4) is 11.5 Å². The van der Waals surface area contributed by atoms with Crippen LogP contribution in [0.15, 0.2) is 24.4 Å². The summed E-state index contributed by atoms with van der Waals surface area (Å²) < 4.78 is 10.3. The summed E-state index contributed by atoms with van der Waals surface area (Å²) >= 11 is 1.64. The molecule has 1 heterocycles. The van der Waals surface area contributed by atoms with Crippen molar-refractivity contribution >= 4 is 17.2 Å². The Morgan fingerprint density at radius 1 is 1.24 bits per heavy atom. The van der Waals surface area contributed by atoms with E-state index in [0.29, 0.717) is 23.6 Å². The largest absolute Gasteiger partial charge is 0.497 e. The highest BCUT2D eigenvalue weighted by Gasteiger charge is 2.09. The molecule has 0 fully saturated rings. The summed E-state index contributed by atoms with van der Waals surface area (Å²) in [5.74, 6) is 1.05. The summed E-state index contributed by atoms with van der Waals surface area (Å²) in [5.41, 5.74) is 0.520. The van der Waals surface area contributed by atoms with Gasteiger partial charge in [-0.3, -0.25) is 4.79 Å². The van der Waals surface area contributed by atoms with Crippen LogP contribution in [0.2, 0.25) is 0 Å². The van der Waals surface area contributed by atoms with Crippen LogP contribution >= 0.6 is 11.3 Å². The van der Waals surface area contributed by atoms with Gasteiger partial charge in [0.25, 0.3) is 5.91 Å². The maximum Gasteiger partial charge on any atom is 0.251 e. The van der Waals surface area contributed by atoms with E-state index in [4.69, 9.17) is 9.47 Å². The summed E-state index contributed by atoms with van der Waals surface area (Å²) in [7, 11) is 3.12. The molecule has 0 aliphatic rings. The lowest BCUT2D eigenvalue weighted by atomic mass is 10.2. The number of nitrogens with one attached hydrogen (secondary N) is 1. The van der Waals surface area contributed by atoms with E-state index in [-0.39, 0.29) is 5.91 Å². The fourth-order valence-corrected chi connectivity index (χ4v) is 2.66. The topological polar surface area (TPSA) is 60.5 Å². The number of aromatic nitrogens is 1. The van der Waals surface area contributed by atoms with Crippen LogP contribution in [0.5, 0.6) is 11.5 Å². The summed E-state index contributed by atoms with van der Waals surface area (Å²) in [6, 6.07) is 5.11. The first-order valence-corrected chi connectivity index (χ1v) is 7.36. The van der Waals surface area contributed by atoms with E-state index in [1.165, 1.54) is 0 Å². The Labute approximate surface area is 127 Å². The fourth-order valence-electron chi connectivity index (χ4n) is 1.86. The van der Waals surface area contributed by atoms with Gasteiger partial charge in [0.2, 0.25) is 0 Å². The van der Waals surface area contributed by atoms with Crippen molar-refractivity contribution < 1.29 is 14.3 Å². The number of rotatable bonds is 6. The van der Waals surface area contributed by atoms with Crippen molar-refractivity contribution in [1.29, 1.82) is 0 Å². The van der Waals surface area contributed by atoms with Crippen molar-refractivity contribution in [2.45, 2.75) is 13.3 Å². The summed E-state index contributed by atoms with van der Waals surface area (Å²) in [6.07, 6.45) is 2.62. The van der Waals surface area contributed by atoms with Crippen molar-refractivity contribution in [2.75, 3.05) is 20.8 Å². The number of carbonyl (C=O) groups excluding carboxylic acids is 1. The van der Waals surface area contributed by atoms with Crippen molar-refractivity contribution in [3.63, 3.8) is 0 Å². The molecule has 2 aromatic rings. The quantitative estimate of drug-likeness (QED) is 0.890. The van der Waals surface area contributed by atoms with Gasteiger partial charge in [0.05, 0.1) is 19.2 Å². The maximum atomic E-state index is 12.1. The lowest BCUT2D eigenvalue weighted by molar-refractivity contribution is 0.0953. The highest BCUT2D eigenvalue weighted by Crippen LogP contribution is 2.22. The van der Waals surface area contributed by atoms with Crippen molar-refractivity contribution in [3.05, 3.63) is 39.8 Å². The Hall–Kier alpha value is -2.08. The van der Waals surface area contributed by atoms with E-state index >= 15 is 0 Å². The molecule has 0 saturated heterocycles. The first-order chi connectivity index (χ1) is 10.1. The first-order valence-electron chi connectivity index (χ1n) is 6.55. The van der Waals surface area contributed by atoms with Crippen molar-refractivity contribution in [1.82, 2.24) is 10.3 Å². The smallest absolute Gasteiger partial charge is 0.251 e. The molecule has 0 aliphatic carbocycles. The van der Waals surface area contributed by atoms with E-state index in [2.05, 4.69) is 10.3 Å². The Balaban J connectivity index is 1.96. The minimum atomic E-state index is -0.145. The molecule has 1 amide bonds. The van der Waals surface area contributed by atoms with Crippen LogP contribution in [0.25, 0.3) is 0 Å². The van der Waals surface area contributed by atoms with Crippen LogP contribution in [-0.2, 0) is 6.42 Å². The summed E-state index contributed by atoms with van der Waals surface area (Å²) in [4.78, 5) is 17.5. The molecule has 1 aromatic heterocycles. The molecule has 0 bridgehead atoms. The molecular formula is C15H18N2O3S. The highest BCUT2D eigenvalue weighted by atomic mass is 32.1. The number of hydrogen-bond donors (Lipinski definition) is 1. The lowest BCUT2D eigenvalue weighted by Gasteiger charge is -2.09. The number of carbonyl (C=O) groups is 1. The van der Waals surface area contributed by atoms with Crippen LogP contribution < -0.4 is 14.8 Å². The number of ether oxygens (including phenoxy) is 2. The second kappa shape index (κ2) is 7.08. The third-order valence-electron chi connectivity index (χ3n) is 2.94.